The summed E-state index contributed by atoms with van der Waals surface area (Å²) in [5, 5.41) is 3.30. The van der Waals surface area contributed by atoms with Gasteiger partial charge in [-0.1, -0.05) is 0 Å². The first-order valence-corrected chi connectivity index (χ1v) is 6.58. The summed E-state index contributed by atoms with van der Waals surface area (Å²) in [6.45, 7) is 9.12. The number of carbonyl (C=O) groups is 2. The summed E-state index contributed by atoms with van der Waals surface area (Å²) in [5.41, 5.74) is 1.20. The Kier molecular flexibility index (Phi) is 4.14. The van der Waals surface area contributed by atoms with Crippen LogP contribution in [0.1, 0.15) is 20.3 Å². The fourth-order valence-electron chi connectivity index (χ4n) is 2.41. The van der Waals surface area contributed by atoms with Crippen LogP contribution in [-0.4, -0.2) is 60.9 Å². The Hall–Kier alpha value is -1.20. The lowest BCUT2D eigenvalue weighted by atomic mass is 10.2. The minimum Gasteiger partial charge on any atom is -0.314 e. The maximum Gasteiger partial charge on any atom is 0.256 e. The van der Waals surface area contributed by atoms with Crippen LogP contribution in [0.2, 0.25) is 0 Å². The van der Waals surface area contributed by atoms with Gasteiger partial charge in [0.2, 0.25) is 0 Å². The van der Waals surface area contributed by atoms with E-state index in [9.17, 15) is 9.59 Å². The standard InChI is InChI=1S/C13H21N3O2/c1-10-11(2)13(18)16(12(10)17)7-3-6-15-8-4-14-5-9-15/h14H,3-9H2,1-2H3. The second-order valence-electron chi connectivity index (χ2n) is 4.96. The van der Waals surface area contributed by atoms with Gasteiger partial charge >= 0.3 is 0 Å². The van der Waals surface area contributed by atoms with Gasteiger partial charge in [-0.3, -0.25) is 14.5 Å². The average Bonchev–Trinajstić information content (AvgIpc) is 2.57. The molecule has 1 fully saturated rings. The second kappa shape index (κ2) is 5.63. The fourth-order valence-corrected chi connectivity index (χ4v) is 2.41. The number of hydrogen-bond acceptors (Lipinski definition) is 4. The Morgan fingerprint density at radius 3 is 2.11 bits per heavy atom. The van der Waals surface area contributed by atoms with Crippen molar-refractivity contribution < 1.29 is 9.59 Å². The van der Waals surface area contributed by atoms with Crippen LogP contribution in [0.15, 0.2) is 11.1 Å². The first-order chi connectivity index (χ1) is 8.61. The van der Waals surface area contributed by atoms with E-state index in [1.165, 1.54) is 4.90 Å². The topological polar surface area (TPSA) is 52.7 Å². The van der Waals surface area contributed by atoms with E-state index < -0.39 is 0 Å². The summed E-state index contributed by atoms with van der Waals surface area (Å²) in [6.07, 6.45) is 0.859. The van der Waals surface area contributed by atoms with Crippen molar-refractivity contribution in [3.05, 3.63) is 11.1 Å². The molecule has 0 bridgehead atoms. The second-order valence-corrected chi connectivity index (χ2v) is 4.96. The number of nitrogens with one attached hydrogen (secondary N) is 1. The van der Waals surface area contributed by atoms with Gasteiger partial charge in [-0.15, -0.1) is 0 Å². The van der Waals surface area contributed by atoms with Gasteiger partial charge < -0.3 is 10.2 Å². The number of rotatable bonds is 4. The van der Waals surface area contributed by atoms with Crippen LogP contribution in [0.25, 0.3) is 0 Å². The number of piperazine rings is 1. The molecule has 2 heterocycles. The molecule has 100 valence electrons. The maximum absolute atomic E-state index is 11.8. The lowest BCUT2D eigenvalue weighted by molar-refractivity contribution is -0.137. The monoisotopic (exact) mass is 251 g/mol. The molecular formula is C13H21N3O2. The van der Waals surface area contributed by atoms with E-state index in [4.69, 9.17) is 0 Å². The first kappa shape index (κ1) is 13.2. The number of imide groups is 1. The minimum absolute atomic E-state index is 0.113. The van der Waals surface area contributed by atoms with Crippen LogP contribution in [0, 0.1) is 0 Å². The Balaban J connectivity index is 1.78. The average molecular weight is 251 g/mol. The summed E-state index contributed by atoms with van der Waals surface area (Å²) in [7, 11) is 0. The summed E-state index contributed by atoms with van der Waals surface area (Å²) < 4.78 is 0. The normalized spacial score (nSPS) is 22.2. The van der Waals surface area contributed by atoms with Crippen LogP contribution in [-0.2, 0) is 9.59 Å². The summed E-state index contributed by atoms with van der Waals surface area (Å²) >= 11 is 0. The van der Waals surface area contributed by atoms with Gasteiger partial charge in [0.25, 0.3) is 11.8 Å². The van der Waals surface area contributed by atoms with E-state index in [1.807, 2.05) is 0 Å². The highest BCUT2D eigenvalue weighted by Crippen LogP contribution is 2.19. The van der Waals surface area contributed by atoms with E-state index in [0.717, 1.165) is 39.1 Å². The Morgan fingerprint density at radius 2 is 1.56 bits per heavy atom. The third kappa shape index (κ3) is 2.62. The molecule has 0 spiro atoms. The van der Waals surface area contributed by atoms with Crippen molar-refractivity contribution in [2.24, 2.45) is 0 Å². The van der Waals surface area contributed by atoms with Gasteiger partial charge in [-0.05, 0) is 26.8 Å². The zero-order valence-corrected chi connectivity index (χ0v) is 11.2. The largest absolute Gasteiger partial charge is 0.314 e. The van der Waals surface area contributed by atoms with E-state index in [2.05, 4.69) is 10.2 Å². The van der Waals surface area contributed by atoms with Crippen molar-refractivity contribution in [1.29, 1.82) is 0 Å². The molecule has 5 heteroatoms. The molecule has 1 saturated heterocycles. The van der Waals surface area contributed by atoms with Crippen molar-refractivity contribution in [3.63, 3.8) is 0 Å². The third-order valence-corrected chi connectivity index (χ3v) is 3.76. The van der Waals surface area contributed by atoms with Gasteiger partial charge in [0, 0.05) is 43.9 Å². The summed E-state index contributed by atoms with van der Waals surface area (Å²) in [6, 6.07) is 0. The van der Waals surface area contributed by atoms with Gasteiger partial charge in [-0.25, -0.2) is 0 Å². The van der Waals surface area contributed by atoms with Crippen molar-refractivity contribution in [3.8, 4) is 0 Å². The molecule has 0 unspecified atom stereocenters. The molecule has 0 saturated carbocycles. The molecule has 2 aliphatic rings. The molecule has 2 rings (SSSR count). The van der Waals surface area contributed by atoms with Crippen LogP contribution in [0.5, 0.6) is 0 Å². The lowest BCUT2D eigenvalue weighted by Gasteiger charge is -2.27. The molecule has 2 amide bonds. The van der Waals surface area contributed by atoms with Crippen LogP contribution >= 0.6 is 0 Å². The fraction of sp³-hybridized carbons (Fsp3) is 0.692. The number of hydrogen-bond donors (Lipinski definition) is 1. The summed E-state index contributed by atoms with van der Waals surface area (Å²) in [4.78, 5) is 27.4. The van der Waals surface area contributed by atoms with Gasteiger partial charge in [0.05, 0.1) is 0 Å². The Bertz CT molecular complexity index is 360. The predicted octanol–water partition coefficient (Wildman–Crippen LogP) is -0.0131. The number of carbonyl (C=O) groups excluding carboxylic acids is 2. The zero-order valence-electron chi connectivity index (χ0n) is 11.2. The van der Waals surface area contributed by atoms with Gasteiger partial charge in [0.1, 0.15) is 0 Å². The van der Waals surface area contributed by atoms with E-state index in [1.54, 1.807) is 13.8 Å². The van der Waals surface area contributed by atoms with Crippen molar-refractivity contribution >= 4 is 11.8 Å². The van der Waals surface area contributed by atoms with Crippen LogP contribution < -0.4 is 5.32 Å². The van der Waals surface area contributed by atoms with Crippen molar-refractivity contribution in [1.82, 2.24) is 15.1 Å². The summed E-state index contributed by atoms with van der Waals surface area (Å²) in [5.74, 6) is -0.226. The van der Waals surface area contributed by atoms with Gasteiger partial charge in [-0.2, -0.15) is 0 Å². The Morgan fingerprint density at radius 1 is 1.00 bits per heavy atom. The number of nitrogens with zero attached hydrogens (tertiary/aromatic N) is 2. The molecule has 0 radical (unpaired) electrons. The quantitative estimate of drug-likeness (QED) is 0.714. The van der Waals surface area contributed by atoms with Crippen molar-refractivity contribution in [2.75, 3.05) is 39.3 Å². The Labute approximate surface area is 108 Å². The van der Waals surface area contributed by atoms with Crippen LogP contribution in [0.3, 0.4) is 0 Å². The van der Waals surface area contributed by atoms with E-state index >= 15 is 0 Å². The zero-order chi connectivity index (χ0) is 13.1. The molecule has 0 aromatic carbocycles. The molecule has 2 aliphatic heterocycles. The molecular weight excluding hydrogens is 230 g/mol. The maximum atomic E-state index is 11.8. The predicted molar refractivity (Wildman–Crippen MR) is 69.0 cm³/mol. The van der Waals surface area contributed by atoms with Crippen LogP contribution in [0.4, 0.5) is 0 Å². The molecule has 5 nitrogen and oxygen atoms in total. The minimum atomic E-state index is -0.113. The smallest absolute Gasteiger partial charge is 0.256 e. The molecule has 0 aliphatic carbocycles. The molecule has 0 atom stereocenters. The highest BCUT2D eigenvalue weighted by atomic mass is 16.2. The van der Waals surface area contributed by atoms with E-state index in [-0.39, 0.29) is 11.8 Å². The third-order valence-electron chi connectivity index (χ3n) is 3.76. The van der Waals surface area contributed by atoms with E-state index in [0.29, 0.717) is 17.7 Å². The van der Waals surface area contributed by atoms with Crippen molar-refractivity contribution in [2.45, 2.75) is 20.3 Å². The SMILES string of the molecule is CC1=C(C)C(=O)N(CCCN2CCNCC2)C1=O. The molecule has 18 heavy (non-hydrogen) atoms. The number of amides is 2. The molecule has 0 aromatic rings. The lowest BCUT2D eigenvalue weighted by Crippen LogP contribution is -2.44. The molecule has 1 N–H and O–H groups in total. The molecule has 0 aromatic heterocycles. The first-order valence-electron chi connectivity index (χ1n) is 6.58. The van der Waals surface area contributed by atoms with Gasteiger partial charge in [0.15, 0.2) is 0 Å². The highest BCUT2D eigenvalue weighted by Gasteiger charge is 2.32. The highest BCUT2D eigenvalue weighted by molar-refractivity contribution is 6.18.